The molecule has 0 heterocycles. The highest BCUT2D eigenvalue weighted by atomic mass is 19.1. The van der Waals surface area contributed by atoms with Crippen molar-refractivity contribution >= 4 is 11.6 Å². The van der Waals surface area contributed by atoms with Crippen LogP contribution in [0.5, 0.6) is 0 Å². The number of nitrogens with one attached hydrogen (secondary N) is 2. The fourth-order valence-corrected chi connectivity index (χ4v) is 1.56. The molecule has 0 fully saturated rings. The molecule has 0 aliphatic heterocycles. The molecule has 0 bridgehead atoms. The lowest BCUT2D eigenvalue weighted by molar-refractivity contribution is 0.0924. The molecular weight excluding hydrogens is 262 g/mol. The first-order valence-electron chi connectivity index (χ1n) is 6.64. The van der Waals surface area contributed by atoms with E-state index >= 15 is 0 Å². The molecular formula is C15H22F2N2O. The minimum atomic E-state index is -0.777. The van der Waals surface area contributed by atoms with Crippen molar-refractivity contribution in [3.05, 3.63) is 29.3 Å². The molecule has 0 aromatic heterocycles. The maximum Gasteiger partial charge on any atom is 0.251 e. The van der Waals surface area contributed by atoms with Crippen LogP contribution in [0.15, 0.2) is 12.1 Å². The summed E-state index contributed by atoms with van der Waals surface area (Å²) in [5, 5.41) is 5.14. The van der Waals surface area contributed by atoms with Crippen LogP contribution >= 0.6 is 0 Å². The summed E-state index contributed by atoms with van der Waals surface area (Å²) in [6, 6.07) is 2.07. The first kappa shape index (κ1) is 16.4. The van der Waals surface area contributed by atoms with Crippen molar-refractivity contribution in [3.8, 4) is 0 Å². The molecule has 112 valence electrons. The zero-order valence-corrected chi connectivity index (χ0v) is 12.6. The van der Waals surface area contributed by atoms with E-state index in [1.807, 2.05) is 13.8 Å². The number of hydrogen-bond acceptors (Lipinski definition) is 2. The van der Waals surface area contributed by atoms with Crippen LogP contribution in [0.3, 0.4) is 0 Å². The number of carbonyl (C=O) groups is 1. The molecule has 1 amide bonds. The molecule has 5 heteroatoms. The number of benzene rings is 1. The molecule has 0 saturated carbocycles. The van der Waals surface area contributed by atoms with Gasteiger partial charge in [-0.1, -0.05) is 27.7 Å². The Hall–Kier alpha value is -1.65. The zero-order chi connectivity index (χ0) is 15.5. The average molecular weight is 284 g/mol. The number of halogens is 2. The molecule has 2 N–H and O–H groups in total. The van der Waals surface area contributed by atoms with E-state index in [9.17, 15) is 13.6 Å². The summed E-state index contributed by atoms with van der Waals surface area (Å²) in [4.78, 5) is 12.0. The lowest BCUT2D eigenvalue weighted by Crippen LogP contribution is -2.37. The van der Waals surface area contributed by atoms with E-state index in [2.05, 4.69) is 24.5 Å². The summed E-state index contributed by atoms with van der Waals surface area (Å²) in [5.74, 6) is -1.65. The maximum absolute atomic E-state index is 13.6. The van der Waals surface area contributed by atoms with Gasteiger partial charge < -0.3 is 10.6 Å². The molecule has 0 aliphatic rings. The molecule has 0 unspecified atom stereocenters. The third-order valence-corrected chi connectivity index (χ3v) is 3.82. The second-order valence-corrected chi connectivity index (χ2v) is 5.89. The van der Waals surface area contributed by atoms with Crippen LogP contribution in [-0.4, -0.2) is 19.5 Å². The second kappa shape index (κ2) is 6.20. The van der Waals surface area contributed by atoms with Crippen molar-refractivity contribution < 1.29 is 13.6 Å². The van der Waals surface area contributed by atoms with Crippen molar-refractivity contribution in [1.82, 2.24) is 5.32 Å². The van der Waals surface area contributed by atoms with Gasteiger partial charge in [-0.15, -0.1) is 0 Å². The predicted molar refractivity (Wildman–Crippen MR) is 76.9 cm³/mol. The third kappa shape index (κ3) is 3.68. The fourth-order valence-electron chi connectivity index (χ4n) is 1.56. The summed E-state index contributed by atoms with van der Waals surface area (Å²) in [6.45, 7) is 8.63. The molecule has 1 aromatic rings. The van der Waals surface area contributed by atoms with Gasteiger partial charge >= 0.3 is 0 Å². The Morgan fingerprint density at radius 2 is 1.75 bits per heavy atom. The summed E-state index contributed by atoms with van der Waals surface area (Å²) in [7, 11) is 1.42. The number of hydrogen-bond donors (Lipinski definition) is 2. The topological polar surface area (TPSA) is 41.1 Å². The van der Waals surface area contributed by atoms with E-state index in [1.54, 1.807) is 0 Å². The van der Waals surface area contributed by atoms with Crippen LogP contribution < -0.4 is 10.6 Å². The Bertz CT molecular complexity index is 476. The summed E-state index contributed by atoms with van der Waals surface area (Å²) < 4.78 is 27.2. The van der Waals surface area contributed by atoms with Gasteiger partial charge in [-0.05, 0) is 23.5 Å². The minimum absolute atomic E-state index is 0.0152. The van der Waals surface area contributed by atoms with Gasteiger partial charge in [-0.2, -0.15) is 0 Å². The molecule has 0 spiro atoms. The van der Waals surface area contributed by atoms with Crippen molar-refractivity contribution in [2.75, 3.05) is 18.9 Å². The minimum Gasteiger partial charge on any atom is -0.383 e. The van der Waals surface area contributed by atoms with Gasteiger partial charge in [0.1, 0.15) is 17.3 Å². The van der Waals surface area contributed by atoms with E-state index in [-0.39, 0.29) is 16.7 Å². The smallest absolute Gasteiger partial charge is 0.251 e. The fraction of sp³-hybridized carbons (Fsp3) is 0.533. The van der Waals surface area contributed by atoms with Crippen molar-refractivity contribution in [1.29, 1.82) is 0 Å². The number of anilines is 1. The SMILES string of the molecule is CNc1c(F)cc(C(=O)NCC(C)(C)C(C)C)cc1F. The van der Waals surface area contributed by atoms with Crippen LogP contribution in [0.4, 0.5) is 14.5 Å². The van der Waals surface area contributed by atoms with Crippen LogP contribution in [0.25, 0.3) is 0 Å². The first-order valence-corrected chi connectivity index (χ1v) is 6.64. The number of amides is 1. The lowest BCUT2D eigenvalue weighted by atomic mass is 9.81. The predicted octanol–water partition coefficient (Wildman–Crippen LogP) is 3.42. The van der Waals surface area contributed by atoms with E-state index in [0.717, 1.165) is 12.1 Å². The lowest BCUT2D eigenvalue weighted by Gasteiger charge is -2.29. The molecule has 3 nitrogen and oxygen atoms in total. The maximum atomic E-state index is 13.6. The van der Waals surface area contributed by atoms with E-state index in [1.165, 1.54) is 7.05 Å². The quantitative estimate of drug-likeness (QED) is 0.870. The first-order chi connectivity index (χ1) is 9.19. The van der Waals surface area contributed by atoms with E-state index in [4.69, 9.17) is 0 Å². The number of rotatable bonds is 5. The third-order valence-electron chi connectivity index (χ3n) is 3.82. The normalized spacial score (nSPS) is 11.6. The highest BCUT2D eigenvalue weighted by Crippen LogP contribution is 2.25. The molecule has 0 aliphatic carbocycles. The summed E-state index contributed by atoms with van der Waals surface area (Å²) in [6.07, 6.45) is 0. The standard InChI is InChI=1S/C15H22F2N2O/c1-9(2)15(3,4)8-19-14(20)10-6-11(16)13(18-5)12(17)7-10/h6-7,9,18H,8H2,1-5H3,(H,19,20). The van der Waals surface area contributed by atoms with Gasteiger partial charge in [0.2, 0.25) is 0 Å². The monoisotopic (exact) mass is 284 g/mol. The molecule has 0 atom stereocenters. The van der Waals surface area contributed by atoms with Crippen LogP contribution in [0, 0.1) is 23.0 Å². The Morgan fingerprint density at radius 1 is 1.25 bits per heavy atom. The van der Waals surface area contributed by atoms with Gasteiger partial charge in [-0.3, -0.25) is 4.79 Å². The summed E-state index contributed by atoms with van der Waals surface area (Å²) >= 11 is 0. The Morgan fingerprint density at radius 3 is 2.15 bits per heavy atom. The van der Waals surface area contributed by atoms with Crippen LogP contribution in [-0.2, 0) is 0 Å². The Balaban J connectivity index is 2.84. The van der Waals surface area contributed by atoms with Crippen molar-refractivity contribution in [2.24, 2.45) is 11.3 Å². The van der Waals surface area contributed by atoms with Gasteiger partial charge in [0.25, 0.3) is 5.91 Å². The van der Waals surface area contributed by atoms with Gasteiger partial charge in [-0.25, -0.2) is 8.78 Å². The Kier molecular flexibility index (Phi) is 5.09. The van der Waals surface area contributed by atoms with Crippen molar-refractivity contribution in [2.45, 2.75) is 27.7 Å². The zero-order valence-electron chi connectivity index (χ0n) is 12.6. The van der Waals surface area contributed by atoms with Crippen LogP contribution in [0.1, 0.15) is 38.1 Å². The summed E-state index contributed by atoms with van der Waals surface area (Å²) in [5.41, 5.74) is -0.333. The second-order valence-electron chi connectivity index (χ2n) is 5.89. The van der Waals surface area contributed by atoms with Gasteiger partial charge in [0, 0.05) is 19.2 Å². The molecule has 1 rings (SSSR count). The van der Waals surface area contributed by atoms with E-state index in [0.29, 0.717) is 12.5 Å². The largest absolute Gasteiger partial charge is 0.383 e. The average Bonchev–Trinajstić information content (AvgIpc) is 2.35. The van der Waals surface area contributed by atoms with Gasteiger partial charge in [0.15, 0.2) is 0 Å². The van der Waals surface area contributed by atoms with E-state index < -0.39 is 17.5 Å². The highest BCUT2D eigenvalue weighted by molar-refractivity contribution is 5.94. The Labute approximate surface area is 118 Å². The van der Waals surface area contributed by atoms with Gasteiger partial charge in [0.05, 0.1) is 0 Å². The van der Waals surface area contributed by atoms with Crippen molar-refractivity contribution in [3.63, 3.8) is 0 Å². The molecule has 20 heavy (non-hydrogen) atoms. The molecule has 0 radical (unpaired) electrons. The molecule has 0 saturated heterocycles. The highest BCUT2D eigenvalue weighted by Gasteiger charge is 2.23. The molecule has 1 aromatic carbocycles. The van der Waals surface area contributed by atoms with Crippen LogP contribution in [0.2, 0.25) is 0 Å². The number of carbonyl (C=O) groups excluding carboxylic acids is 1.